The van der Waals surface area contributed by atoms with Crippen LogP contribution in [-0.4, -0.2) is 0 Å². The van der Waals surface area contributed by atoms with E-state index in [0.717, 1.165) is 11.1 Å². The molecule has 0 spiro atoms. The summed E-state index contributed by atoms with van der Waals surface area (Å²) in [5.41, 5.74) is 1.97. The largest absolute Gasteiger partial charge is 0.453 e. The molecule has 2 aromatic carbocycles. The molecular weight excluding hydrogens is 275 g/mol. The Morgan fingerprint density at radius 3 is 2.20 bits per heavy atom. The number of benzene rings is 2. The first-order valence-electron chi connectivity index (χ1n) is 6.51. The maximum Gasteiger partial charge on any atom is 0.165 e. The first kappa shape index (κ1) is 14.9. The quantitative estimate of drug-likeness (QED) is 0.672. The molecule has 106 valence electrons. The maximum absolute atomic E-state index is 13.8. The minimum absolute atomic E-state index is 0.0112. The molecule has 0 saturated carbocycles. The summed E-state index contributed by atoms with van der Waals surface area (Å²) in [5, 5.41) is 0.484. The van der Waals surface area contributed by atoms with Crippen LogP contribution in [0.5, 0.6) is 11.5 Å². The summed E-state index contributed by atoms with van der Waals surface area (Å²) in [6.07, 6.45) is 0. The van der Waals surface area contributed by atoms with Crippen LogP contribution in [-0.2, 0) is 5.41 Å². The SMILES string of the molecule is Cc1ccc(Oc2ccc(C(C)(C)C)cc2Cl)c(F)c1. The van der Waals surface area contributed by atoms with Gasteiger partial charge in [0.15, 0.2) is 11.6 Å². The van der Waals surface area contributed by atoms with Gasteiger partial charge in [0.2, 0.25) is 0 Å². The Hall–Kier alpha value is -1.54. The van der Waals surface area contributed by atoms with E-state index in [-0.39, 0.29) is 17.0 Å². The molecule has 3 heteroatoms. The van der Waals surface area contributed by atoms with Crippen LogP contribution in [0, 0.1) is 12.7 Å². The van der Waals surface area contributed by atoms with Crippen molar-refractivity contribution in [3.05, 3.63) is 58.4 Å². The second-order valence-corrected chi connectivity index (χ2v) is 6.34. The lowest BCUT2D eigenvalue weighted by atomic mass is 9.87. The van der Waals surface area contributed by atoms with E-state index in [1.54, 1.807) is 18.2 Å². The van der Waals surface area contributed by atoms with Gasteiger partial charge in [-0.15, -0.1) is 0 Å². The molecule has 0 unspecified atom stereocenters. The minimum atomic E-state index is -0.388. The molecule has 0 aliphatic carbocycles. The molecule has 0 fully saturated rings. The van der Waals surface area contributed by atoms with Crippen molar-refractivity contribution in [1.82, 2.24) is 0 Å². The Morgan fingerprint density at radius 2 is 1.65 bits per heavy atom. The van der Waals surface area contributed by atoms with E-state index < -0.39 is 0 Å². The van der Waals surface area contributed by atoms with Crippen molar-refractivity contribution in [3.63, 3.8) is 0 Å². The summed E-state index contributed by atoms with van der Waals surface area (Å²) < 4.78 is 19.3. The molecule has 0 N–H and O–H groups in total. The van der Waals surface area contributed by atoms with E-state index in [1.807, 2.05) is 19.1 Å². The summed E-state index contributed by atoms with van der Waals surface area (Å²) in [7, 11) is 0. The smallest absolute Gasteiger partial charge is 0.165 e. The highest BCUT2D eigenvalue weighted by Gasteiger charge is 2.16. The molecule has 0 amide bonds. The lowest BCUT2D eigenvalue weighted by molar-refractivity contribution is 0.441. The second kappa shape index (κ2) is 5.45. The van der Waals surface area contributed by atoms with E-state index in [9.17, 15) is 4.39 Å². The van der Waals surface area contributed by atoms with Crippen LogP contribution < -0.4 is 4.74 Å². The summed E-state index contributed by atoms with van der Waals surface area (Å²) in [6, 6.07) is 10.4. The van der Waals surface area contributed by atoms with Crippen LogP contribution >= 0.6 is 11.6 Å². The monoisotopic (exact) mass is 292 g/mol. The van der Waals surface area contributed by atoms with Crippen molar-refractivity contribution in [2.24, 2.45) is 0 Å². The molecule has 0 radical (unpaired) electrons. The molecule has 0 saturated heterocycles. The Bertz CT molecular complexity index is 629. The third-order valence-electron chi connectivity index (χ3n) is 3.11. The van der Waals surface area contributed by atoms with Gasteiger partial charge < -0.3 is 4.74 Å². The molecule has 0 atom stereocenters. The lowest BCUT2D eigenvalue weighted by Crippen LogP contribution is -2.10. The van der Waals surface area contributed by atoms with Crippen molar-refractivity contribution in [1.29, 1.82) is 0 Å². The molecule has 1 nitrogen and oxygen atoms in total. The van der Waals surface area contributed by atoms with Crippen LogP contribution in [0.3, 0.4) is 0 Å². The average Bonchev–Trinajstić information content (AvgIpc) is 2.33. The van der Waals surface area contributed by atoms with Crippen molar-refractivity contribution >= 4 is 11.6 Å². The Morgan fingerprint density at radius 1 is 1.00 bits per heavy atom. The molecule has 0 aliphatic heterocycles. The fourth-order valence-corrected chi connectivity index (χ4v) is 2.08. The molecule has 0 aliphatic rings. The topological polar surface area (TPSA) is 9.23 Å². The van der Waals surface area contributed by atoms with Crippen molar-refractivity contribution in [2.75, 3.05) is 0 Å². The van der Waals surface area contributed by atoms with Crippen LogP contribution in [0.2, 0.25) is 5.02 Å². The molecule has 2 rings (SSSR count). The fourth-order valence-electron chi connectivity index (χ4n) is 1.86. The van der Waals surface area contributed by atoms with Crippen LogP contribution in [0.1, 0.15) is 31.9 Å². The van der Waals surface area contributed by atoms with Crippen LogP contribution in [0.25, 0.3) is 0 Å². The first-order chi connectivity index (χ1) is 9.27. The highest BCUT2D eigenvalue weighted by atomic mass is 35.5. The zero-order chi connectivity index (χ0) is 14.9. The van der Waals surface area contributed by atoms with Gasteiger partial charge in [0, 0.05) is 0 Å². The van der Waals surface area contributed by atoms with E-state index in [0.29, 0.717) is 10.8 Å². The summed E-state index contributed by atoms with van der Waals surface area (Å²) >= 11 is 6.22. The zero-order valence-electron chi connectivity index (χ0n) is 12.1. The maximum atomic E-state index is 13.8. The predicted octanol–water partition coefficient (Wildman–Crippen LogP) is 5.88. The number of ether oxygens (including phenoxy) is 1. The summed E-state index contributed by atoms with van der Waals surface area (Å²) in [5.74, 6) is 0.254. The van der Waals surface area contributed by atoms with E-state index in [4.69, 9.17) is 16.3 Å². The highest BCUT2D eigenvalue weighted by molar-refractivity contribution is 6.32. The average molecular weight is 293 g/mol. The molecule has 0 aromatic heterocycles. The normalized spacial score (nSPS) is 11.5. The summed E-state index contributed by atoms with van der Waals surface area (Å²) in [6.45, 7) is 8.16. The number of halogens is 2. The number of hydrogen-bond donors (Lipinski definition) is 0. The van der Waals surface area contributed by atoms with Crippen LogP contribution in [0.15, 0.2) is 36.4 Å². The second-order valence-electron chi connectivity index (χ2n) is 5.93. The Labute approximate surface area is 124 Å². The van der Waals surface area contributed by atoms with Gasteiger partial charge in [-0.3, -0.25) is 0 Å². The Balaban J connectivity index is 2.30. The van der Waals surface area contributed by atoms with Crippen molar-refractivity contribution in [2.45, 2.75) is 33.1 Å². The minimum Gasteiger partial charge on any atom is -0.453 e. The number of hydrogen-bond acceptors (Lipinski definition) is 1. The van der Waals surface area contributed by atoms with E-state index >= 15 is 0 Å². The van der Waals surface area contributed by atoms with E-state index in [2.05, 4.69) is 20.8 Å². The third kappa shape index (κ3) is 3.31. The van der Waals surface area contributed by atoms with Gasteiger partial charge in [-0.2, -0.15) is 0 Å². The highest BCUT2D eigenvalue weighted by Crippen LogP contribution is 2.34. The van der Waals surface area contributed by atoms with Gasteiger partial charge in [0.1, 0.15) is 5.75 Å². The fraction of sp³-hybridized carbons (Fsp3) is 0.294. The number of aryl methyl sites for hydroxylation is 1. The van der Waals surface area contributed by atoms with Gasteiger partial charge in [0.25, 0.3) is 0 Å². The van der Waals surface area contributed by atoms with Gasteiger partial charge in [-0.1, -0.05) is 44.5 Å². The van der Waals surface area contributed by atoms with Crippen molar-refractivity contribution < 1.29 is 9.13 Å². The number of rotatable bonds is 2. The molecule has 2 aromatic rings. The predicted molar refractivity (Wildman–Crippen MR) is 81.4 cm³/mol. The third-order valence-corrected chi connectivity index (χ3v) is 3.40. The van der Waals surface area contributed by atoms with Gasteiger partial charge >= 0.3 is 0 Å². The zero-order valence-corrected chi connectivity index (χ0v) is 12.9. The first-order valence-corrected chi connectivity index (χ1v) is 6.89. The van der Waals surface area contributed by atoms with Gasteiger partial charge in [-0.25, -0.2) is 4.39 Å². The molecule has 20 heavy (non-hydrogen) atoms. The molecule has 0 heterocycles. The standard InChI is InChI=1S/C17H18ClFO/c1-11-5-7-16(14(19)9-11)20-15-8-6-12(10-13(15)18)17(2,3)4/h5-10H,1-4H3. The lowest BCUT2D eigenvalue weighted by Gasteiger charge is -2.20. The van der Waals surface area contributed by atoms with Gasteiger partial charge in [-0.05, 0) is 47.7 Å². The Kier molecular flexibility index (Phi) is 4.05. The van der Waals surface area contributed by atoms with Gasteiger partial charge in [0.05, 0.1) is 5.02 Å². The molecule has 0 bridgehead atoms. The summed E-state index contributed by atoms with van der Waals surface area (Å²) in [4.78, 5) is 0. The van der Waals surface area contributed by atoms with Crippen LogP contribution in [0.4, 0.5) is 4.39 Å². The molecular formula is C17H18ClFO. The van der Waals surface area contributed by atoms with E-state index in [1.165, 1.54) is 6.07 Å². The van der Waals surface area contributed by atoms with Crippen molar-refractivity contribution in [3.8, 4) is 11.5 Å².